The minimum atomic E-state index is -0.445. The Morgan fingerprint density at radius 1 is 0.317 bits per heavy atom. The lowest BCUT2D eigenvalue weighted by molar-refractivity contribution is 0.576. The molecule has 29 heteroatoms. The minimum Gasteiger partial charge on any atom is -0.351 e. The van der Waals surface area contributed by atoms with Crippen LogP contribution in [-0.2, 0) is 51.4 Å². The number of aryl methyl sites for hydroxylation is 4. The number of nitrogens with two attached hydrogens (primary N) is 1. The molecule has 5 N–H and O–H groups in total. The van der Waals surface area contributed by atoms with E-state index in [0.29, 0.717) is 75.1 Å². The number of anilines is 3. The van der Waals surface area contributed by atoms with Crippen molar-refractivity contribution in [3.8, 4) is 45.6 Å². The first kappa shape index (κ1) is 93.7. The van der Waals surface area contributed by atoms with Crippen LogP contribution in [0.3, 0.4) is 0 Å². The van der Waals surface area contributed by atoms with E-state index >= 15 is 0 Å². The highest BCUT2D eigenvalue weighted by Gasteiger charge is 2.28. The summed E-state index contributed by atoms with van der Waals surface area (Å²) < 4.78 is 61.3. The smallest absolute Gasteiger partial charge is 0.228 e. The topological polar surface area (TPSA) is 286 Å². The van der Waals surface area contributed by atoms with Crippen LogP contribution in [0.1, 0.15) is 209 Å². The highest BCUT2D eigenvalue weighted by Crippen LogP contribution is 2.34. The standard InChI is InChI=1S/3C23H23FN6.C13H11ClFN5.C10H13N.5CH4/c3*1-14(2)20-13-26-30-22(20)28-21(17-9-18(24)12-25-11-17)29-23(30)27-19-8-7-15-5-3-4-6-16(15)10-19;1-7(2)10-6-17-20-12(10)18-11(19-13(20)14)8-3-9(15)5-16-4-8;11-10-6-5-8-3-1-2-4-9(8)7-10;;;;;/h3*3-6,9,11-14,19H,7-8,10H2,1-2H3,(H,27,28,29);3-7H,1-2H3;1-4,10H,5-7,11H2;5*1H4/t2*19-;;;;;;;;/m10......../s1. The summed E-state index contributed by atoms with van der Waals surface area (Å²) in [6, 6.07) is 41.0. The Labute approximate surface area is 739 Å². The molecule has 20 rings (SSSR count). The third-order valence-electron chi connectivity index (χ3n) is 22.3. The second-order valence-corrected chi connectivity index (χ2v) is 32.6. The molecule has 12 heterocycles. The lowest BCUT2D eigenvalue weighted by Gasteiger charge is -2.26. The van der Waals surface area contributed by atoms with Gasteiger partial charge in [0.15, 0.2) is 45.9 Å². The molecule has 0 amide bonds. The molecular weight excluding hydrogens is 1610 g/mol. The number of hydrogen-bond acceptors (Lipinski definition) is 20. The molecule has 2 unspecified atom stereocenters. The first-order chi connectivity index (χ1) is 58.7. The number of benzene rings is 4. The normalized spacial score (nSPS) is 15.3. The van der Waals surface area contributed by atoms with Crippen LogP contribution < -0.4 is 21.7 Å². The van der Waals surface area contributed by atoms with E-state index in [1.807, 2.05) is 32.4 Å². The molecule has 4 aromatic carbocycles. The predicted molar refractivity (Wildman–Crippen MR) is 495 cm³/mol. The van der Waals surface area contributed by atoms with E-state index in [9.17, 15) is 17.6 Å². The molecule has 656 valence electrons. The van der Waals surface area contributed by atoms with E-state index < -0.39 is 23.3 Å². The molecule has 0 aliphatic heterocycles. The van der Waals surface area contributed by atoms with Gasteiger partial charge in [-0.3, -0.25) is 19.9 Å². The van der Waals surface area contributed by atoms with Gasteiger partial charge in [0.25, 0.3) is 0 Å². The Kier molecular flexibility index (Phi) is 31.0. The molecule has 0 radical (unpaired) electrons. The molecule has 126 heavy (non-hydrogen) atoms. The van der Waals surface area contributed by atoms with Crippen molar-refractivity contribution in [3.05, 3.63) is 291 Å². The summed E-state index contributed by atoms with van der Waals surface area (Å²) in [5.74, 6) is 2.85. The first-order valence-corrected chi connectivity index (χ1v) is 41.5. The third-order valence-corrected chi connectivity index (χ3v) is 22.6. The van der Waals surface area contributed by atoms with Crippen molar-refractivity contribution in [2.24, 2.45) is 5.73 Å². The van der Waals surface area contributed by atoms with Crippen molar-refractivity contribution in [2.75, 3.05) is 16.0 Å². The van der Waals surface area contributed by atoms with Crippen molar-refractivity contribution < 1.29 is 17.6 Å². The maximum atomic E-state index is 13.8. The summed E-state index contributed by atoms with van der Waals surface area (Å²) in [7, 11) is 0. The van der Waals surface area contributed by atoms with Crippen molar-refractivity contribution in [2.45, 2.75) is 217 Å². The Morgan fingerprint density at radius 2 is 0.563 bits per heavy atom. The van der Waals surface area contributed by atoms with Gasteiger partial charge in [-0.2, -0.15) is 58.4 Å². The summed E-state index contributed by atoms with van der Waals surface area (Å²) in [5.41, 5.74) is 26.1. The average molecular weight is 1730 g/mol. The van der Waals surface area contributed by atoms with Gasteiger partial charge in [0.1, 0.15) is 23.3 Å². The highest BCUT2D eigenvalue weighted by atomic mass is 35.5. The van der Waals surface area contributed by atoms with Gasteiger partial charge in [0.2, 0.25) is 23.1 Å². The van der Waals surface area contributed by atoms with Gasteiger partial charge >= 0.3 is 0 Å². The largest absolute Gasteiger partial charge is 0.351 e. The maximum absolute atomic E-state index is 13.8. The number of rotatable bonds is 14. The predicted octanol–water partition coefficient (Wildman–Crippen LogP) is 21.0. The second kappa shape index (κ2) is 41.7. The fraction of sp³-hybridized carbons (Fsp3) is 0.340. The van der Waals surface area contributed by atoms with Gasteiger partial charge in [-0.05, 0) is 181 Å². The van der Waals surface area contributed by atoms with Crippen LogP contribution >= 0.6 is 11.6 Å². The zero-order chi connectivity index (χ0) is 84.0. The Hall–Kier alpha value is -13.0. The average Bonchev–Trinajstić information content (AvgIpc) is 1.54. The van der Waals surface area contributed by atoms with Gasteiger partial charge < -0.3 is 21.7 Å². The van der Waals surface area contributed by atoms with Crippen LogP contribution in [0.15, 0.2) is 196 Å². The highest BCUT2D eigenvalue weighted by molar-refractivity contribution is 6.28. The van der Waals surface area contributed by atoms with Gasteiger partial charge in [-0.25, -0.2) is 37.5 Å². The molecule has 0 saturated carbocycles. The van der Waals surface area contributed by atoms with E-state index in [0.717, 1.165) is 122 Å². The molecule has 16 aromatic rings. The number of nitrogens with one attached hydrogen (secondary N) is 3. The van der Waals surface area contributed by atoms with Crippen LogP contribution in [0.2, 0.25) is 5.28 Å². The molecule has 0 spiro atoms. The lowest BCUT2D eigenvalue weighted by atomic mass is 9.88. The first-order valence-electron chi connectivity index (χ1n) is 41.1. The zero-order valence-electron chi connectivity index (χ0n) is 68.5. The molecule has 4 aliphatic carbocycles. The van der Waals surface area contributed by atoms with Crippen LogP contribution in [0.25, 0.3) is 68.1 Å². The van der Waals surface area contributed by atoms with Crippen molar-refractivity contribution in [3.63, 3.8) is 0 Å². The van der Waals surface area contributed by atoms with Crippen molar-refractivity contribution in [1.82, 2.24) is 98.3 Å². The molecule has 24 nitrogen and oxygen atoms in total. The fourth-order valence-electron chi connectivity index (χ4n) is 15.8. The Balaban J connectivity index is 0.000000156. The molecule has 4 aliphatic rings. The monoisotopic (exact) mass is 1720 g/mol. The number of fused-ring (bicyclic) bond motifs is 8. The molecule has 0 saturated heterocycles. The quantitative estimate of drug-likeness (QED) is 0.0736. The summed E-state index contributed by atoms with van der Waals surface area (Å²) in [4.78, 5) is 52.5. The molecule has 4 atom stereocenters. The zero-order valence-corrected chi connectivity index (χ0v) is 69.2. The van der Waals surface area contributed by atoms with E-state index in [4.69, 9.17) is 47.2 Å². The van der Waals surface area contributed by atoms with Crippen LogP contribution in [0.5, 0.6) is 0 Å². The fourth-order valence-corrected chi connectivity index (χ4v) is 16.0. The van der Waals surface area contributed by atoms with Crippen LogP contribution in [-0.4, -0.2) is 122 Å². The molecule has 12 aromatic heterocycles. The van der Waals surface area contributed by atoms with Gasteiger partial charge in [-0.1, -0.05) is 190 Å². The summed E-state index contributed by atoms with van der Waals surface area (Å²) in [5, 5.41) is 28.7. The van der Waals surface area contributed by atoms with Gasteiger partial charge in [0, 0.05) is 93.5 Å². The number of nitrogens with zero attached hydrogens (tertiary/aromatic N) is 20. The van der Waals surface area contributed by atoms with E-state index in [1.165, 1.54) is 98.1 Å². The Morgan fingerprint density at radius 3 is 0.841 bits per heavy atom. The number of pyridine rings is 4. The van der Waals surface area contributed by atoms with E-state index in [2.05, 4.69) is 205 Å². The number of hydrogen-bond donors (Lipinski definition) is 4. The van der Waals surface area contributed by atoms with E-state index in [1.54, 1.807) is 38.3 Å². The van der Waals surface area contributed by atoms with Gasteiger partial charge in [0.05, 0.1) is 49.6 Å². The number of aromatic nitrogens is 20. The second-order valence-electron chi connectivity index (χ2n) is 32.3. The molecule has 0 bridgehead atoms. The van der Waals surface area contributed by atoms with Crippen molar-refractivity contribution in [1.29, 1.82) is 0 Å². The molecular formula is C97H113ClF4N24. The van der Waals surface area contributed by atoms with Gasteiger partial charge in [-0.15, -0.1) is 0 Å². The van der Waals surface area contributed by atoms with E-state index in [-0.39, 0.29) is 84.2 Å². The summed E-state index contributed by atoms with van der Waals surface area (Å²) in [6.45, 7) is 16.7. The third kappa shape index (κ3) is 21.3. The summed E-state index contributed by atoms with van der Waals surface area (Å²) in [6.07, 6.45) is 30.4. The summed E-state index contributed by atoms with van der Waals surface area (Å²) >= 11 is 6.11. The maximum Gasteiger partial charge on any atom is 0.228 e. The Bertz CT molecular complexity index is 5930. The van der Waals surface area contributed by atoms with Crippen molar-refractivity contribution >= 4 is 52.0 Å². The number of halogens is 5. The molecule has 0 fully saturated rings. The lowest BCUT2D eigenvalue weighted by Crippen LogP contribution is -2.29. The van der Waals surface area contributed by atoms with Crippen LogP contribution in [0, 0.1) is 23.3 Å². The SMILES string of the molecule is C.C.C.C.C.CC(C)c1cnn2c(Cl)nc(-c3cncc(F)c3)nc12.CC(C)c1cnn2c(NC3CCc4ccccc4C3)nc(-c3cncc(F)c3)nc12.CC(C)c1cnn2c(N[C@@H]3CCc4ccccc4C3)nc(-c3cncc(F)c3)nc12.CC(C)c1cnn2c(N[C@H]3CCc4ccccc4C3)nc(-c3cncc(F)c3)nc12.NC1CCc2ccccc2C1. The minimum absolute atomic E-state index is 0. The van der Waals surface area contributed by atoms with Crippen LogP contribution in [0.4, 0.5) is 35.4 Å².